The topological polar surface area (TPSA) is 31.0 Å². The molecular weight excluding hydrogens is 344 g/mol. The fourth-order valence-corrected chi connectivity index (χ4v) is 3.36. The van der Waals surface area contributed by atoms with E-state index < -0.39 is 0 Å². The van der Waals surface area contributed by atoms with Crippen molar-refractivity contribution in [1.29, 1.82) is 0 Å². The Morgan fingerprint density at radius 3 is 2.46 bits per heavy atom. The van der Waals surface area contributed by atoms with Crippen LogP contribution >= 0.6 is 11.6 Å². The average Bonchev–Trinajstić information content (AvgIpc) is 3.32. The van der Waals surface area contributed by atoms with Gasteiger partial charge in [-0.15, -0.1) is 0 Å². The van der Waals surface area contributed by atoms with Gasteiger partial charge in [0, 0.05) is 22.5 Å². The van der Waals surface area contributed by atoms with E-state index in [2.05, 4.69) is 27.8 Å². The van der Waals surface area contributed by atoms with Crippen LogP contribution < -0.4 is 0 Å². The lowest BCUT2D eigenvalue weighted by Gasteiger charge is -2.11. The Labute approximate surface area is 157 Å². The summed E-state index contributed by atoms with van der Waals surface area (Å²) < 4.78 is 7.79. The molecule has 3 nitrogen and oxygen atoms in total. The molecule has 0 amide bonds. The molecular formula is C22H19ClN2O. The van der Waals surface area contributed by atoms with E-state index in [0.717, 1.165) is 40.6 Å². The Bertz CT molecular complexity index is 975. The lowest BCUT2D eigenvalue weighted by atomic mass is 10.1. The van der Waals surface area contributed by atoms with Crippen molar-refractivity contribution in [3.05, 3.63) is 101 Å². The van der Waals surface area contributed by atoms with Gasteiger partial charge in [-0.1, -0.05) is 60.1 Å². The van der Waals surface area contributed by atoms with Gasteiger partial charge in [-0.2, -0.15) is 0 Å². The van der Waals surface area contributed by atoms with Gasteiger partial charge >= 0.3 is 0 Å². The zero-order chi connectivity index (χ0) is 17.8. The van der Waals surface area contributed by atoms with Crippen LogP contribution in [0.5, 0.6) is 0 Å². The summed E-state index contributed by atoms with van der Waals surface area (Å²) in [7, 11) is 0. The number of hydrogen-bond acceptors (Lipinski definition) is 2. The number of aromatic nitrogens is 2. The van der Waals surface area contributed by atoms with Crippen LogP contribution in [0.4, 0.5) is 0 Å². The Balaban J connectivity index is 1.65. The lowest BCUT2D eigenvalue weighted by molar-refractivity contribution is 0.490. The summed E-state index contributed by atoms with van der Waals surface area (Å²) in [5.74, 6) is 1.87. The maximum atomic E-state index is 6.31. The minimum Gasteiger partial charge on any atom is -0.467 e. The molecule has 0 N–H and O–H groups in total. The summed E-state index contributed by atoms with van der Waals surface area (Å²) in [6, 6.07) is 22.1. The molecule has 0 unspecified atom stereocenters. The van der Waals surface area contributed by atoms with Crippen molar-refractivity contribution >= 4 is 11.6 Å². The molecule has 2 heterocycles. The first-order valence-electron chi connectivity index (χ1n) is 8.67. The molecule has 2 aromatic heterocycles. The van der Waals surface area contributed by atoms with Crippen LogP contribution in [0.2, 0.25) is 5.02 Å². The van der Waals surface area contributed by atoms with Crippen molar-refractivity contribution in [3.63, 3.8) is 0 Å². The molecule has 0 radical (unpaired) electrons. The molecule has 0 saturated heterocycles. The van der Waals surface area contributed by atoms with Gasteiger partial charge in [0.1, 0.15) is 11.6 Å². The van der Waals surface area contributed by atoms with E-state index in [4.69, 9.17) is 16.0 Å². The van der Waals surface area contributed by atoms with Gasteiger partial charge in [-0.3, -0.25) is 0 Å². The molecule has 4 rings (SSSR count). The molecule has 0 bridgehead atoms. The summed E-state index contributed by atoms with van der Waals surface area (Å²) in [4.78, 5) is 4.69. The fraction of sp³-hybridized carbons (Fsp3) is 0.136. The maximum Gasteiger partial charge on any atom is 0.140 e. The molecule has 0 saturated carbocycles. The first-order valence-corrected chi connectivity index (χ1v) is 9.04. The van der Waals surface area contributed by atoms with E-state index in [-0.39, 0.29) is 0 Å². The molecule has 4 heteroatoms. The summed E-state index contributed by atoms with van der Waals surface area (Å²) >= 11 is 6.31. The van der Waals surface area contributed by atoms with Gasteiger partial charge in [-0.05, 0) is 36.6 Å². The van der Waals surface area contributed by atoms with Gasteiger partial charge in [0.25, 0.3) is 0 Å². The smallest absolute Gasteiger partial charge is 0.140 e. The highest BCUT2D eigenvalue weighted by atomic mass is 35.5. The fourth-order valence-electron chi connectivity index (χ4n) is 3.13. The number of furan rings is 1. The third-order valence-electron chi connectivity index (χ3n) is 4.47. The zero-order valence-electron chi connectivity index (χ0n) is 14.3. The van der Waals surface area contributed by atoms with E-state index in [9.17, 15) is 0 Å². The molecule has 2 aromatic carbocycles. The molecule has 0 aliphatic rings. The number of halogens is 1. The largest absolute Gasteiger partial charge is 0.467 e. The van der Waals surface area contributed by atoms with E-state index >= 15 is 0 Å². The number of nitrogens with zero attached hydrogens (tertiary/aromatic N) is 2. The van der Waals surface area contributed by atoms with Crippen molar-refractivity contribution < 1.29 is 4.42 Å². The second kappa shape index (κ2) is 7.63. The Hall–Kier alpha value is -2.78. The van der Waals surface area contributed by atoms with Crippen LogP contribution in [0.1, 0.15) is 17.0 Å². The van der Waals surface area contributed by atoms with Gasteiger partial charge in [0.05, 0.1) is 12.8 Å². The van der Waals surface area contributed by atoms with Crippen LogP contribution in [-0.4, -0.2) is 9.55 Å². The number of rotatable bonds is 6. The van der Waals surface area contributed by atoms with Crippen LogP contribution in [0, 0.1) is 0 Å². The van der Waals surface area contributed by atoms with Gasteiger partial charge in [0.15, 0.2) is 0 Å². The Kier molecular flexibility index (Phi) is 4.89. The van der Waals surface area contributed by atoms with Crippen molar-refractivity contribution in [2.45, 2.75) is 19.4 Å². The molecule has 4 aromatic rings. The number of benzene rings is 2. The average molecular weight is 363 g/mol. The van der Waals surface area contributed by atoms with Crippen LogP contribution in [0.15, 0.2) is 83.6 Å². The predicted octanol–water partition coefficient (Wildman–Crippen LogP) is 5.63. The maximum absolute atomic E-state index is 6.31. The minimum absolute atomic E-state index is 0.662. The number of aryl methyl sites for hydroxylation is 2. The summed E-state index contributed by atoms with van der Waals surface area (Å²) in [5, 5.41) is 0.813. The minimum atomic E-state index is 0.662. The van der Waals surface area contributed by atoms with Gasteiger partial charge < -0.3 is 8.98 Å². The van der Waals surface area contributed by atoms with E-state index in [1.54, 1.807) is 6.26 Å². The SMILES string of the molecule is Clc1ccccc1CCc1cnc(-c2ccccc2)n1Cc1ccco1. The quantitative estimate of drug-likeness (QED) is 0.445. The van der Waals surface area contributed by atoms with E-state index in [0.29, 0.717) is 6.54 Å². The summed E-state index contributed by atoms with van der Waals surface area (Å²) in [6.07, 6.45) is 5.40. The van der Waals surface area contributed by atoms with E-state index in [1.807, 2.05) is 54.7 Å². The molecule has 26 heavy (non-hydrogen) atoms. The second-order valence-electron chi connectivity index (χ2n) is 6.20. The summed E-state index contributed by atoms with van der Waals surface area (Å²) in [6.45, 7) is 0.662. The number of imidazole rings is 1. The van der Waals surface area contributed by atoms with Crippen molar-refractivity contribution in [2.24, 2.45) is 0 Å². The van der Waals surface area contributed by atoms with Crippen molar-refractivity contribution in [3.8, 4) is 11.4 Å². The predicted molar refractivity (Wildman–Crippen MR) is 104 cm³/mol. The van der Waals surface area contributed by atoms with Crippen molar-refractivity contribution in [1.82, 2.24) is 9.55 Å². The third-order valence-corrected chi connectivity index (χ3v) is 4.84. The Morgan fingerprint density at radius 2 is 1.69 bits per heavy atom. The van der Waals surface area contributed by atoms with Gasteiger partial charge in [0.2, 0.25) is 0 Å². The standard InChI is InChI=1S/C22H19ClN2O/c23-21-11-5-4-7-17(21)12-13-19-15-24-22(18-8-2-1-3-9-18)25(19)16-20-10-6-14-26-20/h1-11,14-15H,12-13,16H2. The Morgan fingerprint density at radius 1 is 0.885 bits per heavy atom. The summed E-state index contributed by atoms with van der Waals surface area (Å²) in [5.41, 5.74) is 3.42. The first kappa shape index (κ1) is 16.7. The lowest BCUT2D eigenvalue weighted by Crippen LogP contribution is -2.07. The monoisotopic (exact) mass is 362 g/mol. The van der Waals surface area contributed by atoms with Crippen LogP contribution in [0.25, 0.3) is 11.4 Å². The highest BCUT2D eigenvalue weighted by Gasteiger charge is 2.14. The van der Waals surface area contributed by atoms with E-state index in [1.165, 1.54) is 5.69 Å². The molecule has 0 atom stereocenters. The second-order valence-corrected chi connectivity index (χ2v) is 6.60. The first-order chi connectivity index (χ1) is 12.8. The molecule has 0 fully saturated rings. The van der Waals surface area contributed by atoms with Crippen molar-refractivity contribution in [2.75, 3.05) is 0 Å². The highest BCUT2D eigenvalue weighted by molar-refractivity contribution is 6.31. The number of hydrogen-bond donors (Lipinski definition) is 0. The molecule has 0 aliphatic carbocycles. The van der Waals surface area contributed by atoms with Crippen LogP contribution in [-0.2, 0) is 19.4 Å². The van der Waals surface area contributed by atoms with Gasteiger partial charge in [-0.25, -0.2) is 4.98 Å². The zero-order valence-corrected chi connectivity index (χ0v) is 15.1. The normalized spacial score (nSPS) is 11.0. The third kappa shape index (κ3) is 3.58. The molecule has 130 valence electrons. The van der Waals surface area contributed by atoms with Crippen LogP contribution in [0.3, 0.4) is 0 Å². The molecule has 0 aliphatic heterocycles. The highest BCUT2D eigenvalue weighted by Crippen LogP contribution is 2.23. The molecule has 0 spiro atoms.